The van der Waals surface area contributed by atoms with Crippen molar-refractivity contribution in [3.05, 3.63) is 70.8 Å². The number of imide groups is 2. The molecule has 0 bridgehead atoms. The number of hydrogen-bond acceptors (Lipinski definition) is 6. The standard InChI is InChI=1S/C17H22N2O3.C13H14BrNO2/c20-16-14-7-3-4-8-15(14)17(21)19(16)10-5-1-2-6-13-12-18-9-11-22-13;14-8-4-1-5-9-15-12(16)10-6-2-3-7-11(10)13(15)17/h3-4,7-8,13,18H,1-2,5-6,9-12H2;2-3,6-7H,1,4-5,8-9H2. The first-order valence-corrected chi connectivity index (χ1v) is 14.9. The molecule has 0 saturated carbocycles. The first-order valence-electron chi connectivity index (χ1n) is 13.8. The summed E-state index contributed by atoms with van der Waals surface area (Å²) in [5, 5.41) is 4.29. The van der Waals surface area contributed by atoms with Gasteiger partial charge in [-0.3, -0.25) is 29.0 Å². The first-order chi connectivity index (χ1) is 19.0. The molecule has 208 valence electrons. The summed E-state index contributed by atoms with van der Waals surface area (Å²) in [6, 6.07) is 14.1. The van der Waals surface area contributed by atoms with Gasteiger partial charge in [0.05, 0.1) is 35.0 Å². The normalized spacial score (nSPS) is 18.2. The number of halogens is 1. The third kappa shape index (κ3) is 7.21. The summed E-state index contributed by atoms with van der Waals surface area (Å²) in [4.78, 5) is 51.1. The zero-order valence-corrected chi connectivity index (χ0v) is 23.8. The van der Waals surface area contributed by atoms with Gasteiger partial charge in [-0.1, -0.05) is 59.5 Å². The highest BCUT2D eigenvalue weighted by atomic mass is 79.9. The van der Waals surface area contributed by atoms with Crippen molar-refractivity contribution in [3.8, 4) is 0 Å². The quantitative estimate of drug-likeness (QED) is 0.229. The van der Waals surface area contributed by atoms with E-state index in [2.05, 4.69) is 21.2 Å². The Bertz CT molecular complexity index is 1110. The first kappa shape index (κ1) is 29.1. The Morgan fingerprint density at radius 1 is 0.692 bits per heavy atom. The molecule has 8 nitrogen and oxygen atoms in total. The van der Waals surface area contributed by atoms with Gasteiger partial charge >= 0.3 is 0 Å². The minimum absolute atomic E-state index is 0.149. The van der Waals surface area contributed by atoms with E-state index in [0.29, 0.717) is 41.4 Å². The SMILES string of the molecule is O=C1c2ccccc2C(=O)N1CCCCCBr.O=C1c2ccccc2C(=O)N1CCCCCC1CNCCO1. The van der Waals surface area contributed by atoms with Crippen molar-refractivity contribution in [1.82, 2.24) is 15.1 Å². The van der Waals surface area contributed by atoms with Crippen molar-refractivity contribution in [1.29, 1.82) is 0 Å². The average molecular weight is 599 g/mol. The number of amides is 4. The molecule has 2 aromatic carbocycles. The van der Waals surface area contributed by atoms with Gasteiger partial charge in [-0.2, -0.15) is 0 Å². The fraction of sp³-hybridized carbons (Fsp3) is 0.467. The molecule has 1 atom stereocenters. The summed E-state index contributed by atoms with van der Waals surface area (Å²) < 4.78 is 5.65. The number of hydrogen-bond donors (Lipinski definition) is 1. The topological polar surface area (TPSA) is 96.0 Å². The minimum atomic E-state index is -0.152. The molecule has 0 spiro atoms. The van der Waals surface area contributed by atoms with E-state index < -0.39 is 0 Å². The Kier molecular flexibility index (Phi) is 10.8. The zero-order chi connectivity index (χ0) is 27.6. The number of ether oxygens (including phenoxy) is 1. The second kappa shape index (κ2) is 14.5. The van der Waals surface area contributed by atoms with Crippen LogP contribution in [0.4, 0.5) is 0 Å². The Morgan fingerprint density at radius 3 is 1.56 bits per heavy atom. The molecule has 1 saturated heterocycles. The maximum Gasteiger partial charge on any atom is 0.261 e. The highest BCUT2D eigenvalue weighted by molar-refractivity contribution is 9.09. The maximum absolute atomic E-state index is 12.2. The summed E-state index contributed by atoms with van der Waals surface area (Å²) in [6.07, 6.45) is 7.25. The van der Waals surface area contributed by atoms with Gasteiger partial charge in [0.25, 0.3) is 23.6 Å². The molecule has 39 heavy (non-hydrogen) atoms. The zero-order valence-electron chi connectivity index (χ0n) is 22.2. The van der Waals surface area contributed by atoms with Crippen LogP contribution in [0.5, 0.6) is 0 Å². The molecule has 0 aromatic heterocycles. The lowest BCUT2D eigenvalue weighted by molar-refractivity contribution is 0.0219. The van der Waals surface area contributed by atoms with Crippen LogP contribution in [0.1, 0.15) is 86.4 Å². The number of rotatable bonds is 11. The number of nitrogens with one attached hydrogen (secondary N) is 1. The molecular weight excluding hydrogens is 562 g/mol. The molecule has 1 N–H and O–H groups in total. The largest absolute Gasteiger partial charge is 0.376 e. The lowest BCUT2D eigenvalue weighted by Gasteiger charge is -2.23. The number of morpholine rings is 1. The van der Waals surface area contributed by atoms with E-state index >= 15 is 0 Å². The van der Waals surface area contributed by atoms with Gasteiger partial charge in [0, 0.05) is 31.5 Å². The van der Waals surface area contributed by atoms with Crippen LogP contribution < -0.4 is 5.32 Å². The second-order valence-electron chi connectivity index (χ2n) is 9.91. The summed E-state index contributed by atoms with van der Waals surface area (Å²) in [6.45, 7) is 3.70. The molecule has 3 heterocycles. The van der Waals surface area contributed by atoms with Crippen LogP contribution in [-0.2, 0) is 4.74 Å². The monoisotopic (exact) mass is 597 g/mol. The van der Waals surface area contributed by atoms with E-state index in [0.717, 1.165) is 70.0 Å². The van der Waals surface area contributed by atoms with Crippen LogP contribution >= 0.6 is 15.9 Å². The summed E-state index contributed by atoms with van der Waals surface area (Å²) >= 11 is 3.36. The van der Waals surface area contributed by atoms with Crippen LogP contribution in [0.3, 0.4) is 0 Å². The number of carbonyl (C=O) groups excluding carboxylic acids is 4. The van der Waals surface area contributed by atoms with Gasteiger partial charge in [0.1, 0.15) is 0 Å². The highest BCUT2D eigenvalue weighted by Gasteiger charge is 2.35. The summed E-state index contributed by atoms with van der Waals surface area (Å²) in [5.74, 6) is -0.602. The molecule has 9 heteroatoms. The number of fused-ring (bicyclic) bond motifs is 2. The molecule has 0 radical (unpaired) electrons. The molecule has 0 aliphatic carbocycles. The Morgan fingerprint density at radius 2 is 1.15 bits per heavy atom. The van der Waals surface area contributed by atoms with Crippen LogP contribution in [0.2, 0.25) is 0 Å². The number of benzene rings is 2. The lowest BCUT2D eigenvalue weighted by atomic mass is 10.1. The predicted molar refractivity (Wildman–Crippen MR) is 152 cm³/mol. The van der Waals surface area contributed by atoms with Crippen molar-refractivity contribution in [2.24, 2.45) is 0 Å². The fourth-order valence-corrected chi connectivity index (χ4v) is 5.45. The van der Waals surface area contributed by atoms with E-state index in [1.165, 1.54) is 9.80 Å². The molecule has 3 aliphatic rings. The number of nitrogens with zero attached hydrogens (tertiary/aromatic N) is 2. The van der Waals surface area contributed by atoms with Gasteiger partial charge in [-0.15, -0.1) is 0 Å². The van der Waals surface area contributed by atoms with Gasteiger partial charge in [-0.05, 0) is 49.9 Å². The van der Waals surface area contributed by atoms with Crippen LogP contribution in [0.25, 0.3) is 0 Å². The molecule has 5 rings (SSSR count). The molecule has 1 fully saturated rings. The highest BCUT2D eigenvalue weighted by Crippen LogP contribution is 2.24. The van der Waals surface area contributed by atoms with Gasteiger partial charge in [0.15, 0.2) is 0 Å². The van der Waals surface area contributed by atoms with Crippen LogP contribution in [0.15, 0.2) is 48.5 Å². The smallest absolute Gasteiger partial charge is 0.261 e. The second-order valence-corrected chi connectivity index (χ2v) is 10.7. The minimum Gasteiger partial charge on any atom is -0.376 e. The van der Waals surface area contributed by atoms with Crippen molar-refractivity contribution in [2.75, 3.05) is 38.1 Å². The van der Waals surface area contributed by atoms with Crippen LogP contribution in [-0.4, -0.2) is 77.6 Å². The number of carbonyl (C=O) groups is 4. The molecule has 4 amide bonds. The Hall–Kier alpha value is -2.88. The number of alkyl halides is 1. The van der Waals surface area contributed by atoms with E-state index in [9.17, 15) is 19.2 Å². The van der Waals surface area contributed by atoms with E-state index in [1.54, 1.807) is 48.5 Å². The van der Waals surface area contributed by atoms with Gasteiger partial charge < -0.3 is 10.1 Å². The molecule has 3 aliphatic heterocycles. The summed E-state index contributed by atoms with van der Waals surface area (Å²) in [7, 11) is 0. The van der Waals surface area contributed by atoms with Gasteiger partial charge in [0.2, 0.25) is 0 Å². The van der Waals surface area contributed by atoms with E-state index in [1.807, 2.05) is 0 Å². The van der Waals surface area contributed by atoms with Crippen LogP contribution in [0, 0.1) is 0 Å². The van der Waals surface area contributed by atoms with Crippen molar-refractivity contribution < 1.29 is 23.9 Å². The van der Waals surface area contributed by atoms with Crippen molar-refractivity contribution in [3.63, 3.8) is 0 Å². The van der Waals surface area contributed by atoms with E-state index in [-0.39, 0.29) is 23.6 Å². The molecular formula is C30H36BrN3O5. The Balaban J connectivity index is 0.000000187. The maximum atomic E-state index is 12.2. The molecule has 1 unspecified atom stereocenters. The van der Waals surface area contributed by atoms with Crippen molar-refractivity contribution >= 4 is 39.6 Å². The lowest BCUT2D eigenvalue weighted by Crippen LogP contribution is -2.38. The fourth-order valence-electron chi connectivity index (χ4n) is 5.05. The predicted octanol–water partition coefficient (Wildman–Crippen LogP) is 4.68. The van der Waals surface area contributed by atoms with Crippen molar-refractivity contribution in [2.45, 2.75) is 51.0 Å². The van der Waals surface area contributed by atoms with Gasteiger partial charge in [-0.25, -0.2) is 0 Å². The molecule has 2 aromatic rings. The van der Waals surface area contributed by atoms with E-state index in [4.69, 9.17) is 4.74 Å². The third-order valence-electron chi connectivity index (χ3n) is 7.18. The Labute approximate surface area is 238 Å². The average Bonchev–Trinajstić information content (AvgIpc) is 3.36. The summed E-state index contributed by atoms with van der Waals surface area (Å²) in [5.41, 5.74) is 2.15. The number of unbranched alkanes of at least 4 members (excludes halogenated alkanes) is 4. The third-order valence-corrected chi connectivity index (χ3v) is 7.74.